The minimum Gasteiger partial charge on any atom is -0.481 e. The van der Waals surface area contributed by atoms with Crippen molar-refractivity contribution in [2.45, 2.75) is 33.1 Å². The fourth-order valence-corrected chi connectivity index (χ4v) is 3.47. The lowest BCUT2D eigenvalue weighted by atomic mass is 10.0. The van der Waals surface area contributed by atoms with Crippen LogP contribution < -0.4 is 5.32 Å². The average Bonchev–Trinajstić information content (AvgIpc) is 2.90. The number of carboxylic acids is 1. The van der Waals surface area contributed by atoms with Gasteiger partial charge in [0.2, 0.25) is 5.91 Å². The molecule has 0 unspecified atom stereocenters. The molecule has 2 N–H and O–H groups in total. The highest BCUT2D eigenvalue weighted by Gasteiger charge is 2.20. The molecule has 0 atom stereocenters. The van der Waals surface area contributed by atoms with Crippen molar-refractivity contribution in [3.05, 3.63) is 34.2 Å². The van der Waals surface area contributed by atoms with Crippen LogP contribution in [-0.4, -0.2) is 22.0 Å². The zero-order valence-corrected chi connectivity index (χ0v) is 15.1. The predicted molar refractivity (Wildman–Crippen MR) is 96.6 cm³/mol. The SMILES string of the molecule is CCC(CC)C(=O)Nc1nc(-c2ccc(Cl)cc2)c(CC(=O)O)s1. The van der Waals surface area contributed by atoms with Gasteiger partial charge in [-0.2, -0.15) is 0 Å². The van der Waals surface area contributed by atoms with Crippen LogP contribution in [0.25, 0.3) is 11.3 Å². The van der Waals surface area contributed by atoms with Crippen LogP contribution >= 0.6 is 22.9 Å². The molecule has 1 heterocycles. The third kappa shape index (κ3) is 4.55. The number of nitrogens with one attached hydrogen (secondary N) is 1. The van der Waals surface area contributed by atoms with Crippen LogP contribution in [-0.2, 0) is 16.0 Å². The summed E-state index contributed by atoms with van der Waals surface area (Å²) in [6.07, 6.45) is 1.36. The number of hydrogen-bond acceptors (Lipinski definition) is 4. The van der Waals surface area contributed by atoms with Crippen LogP contribution in [0.5, 0.6) is 0 Å². The molecular weight excluding hydrogens is 348 g/mol. The largest absolute Gasteiger partial charge is 0.481 e. The van der Waals surface area contributed by atoms with Gasteiger partial charge in [0.15, 0.2) is 5.13 Å². The fraction of sp³-hybridized carbons (Fsp3) is 0.353. The molecule has 24 heavy (non-hydrogen) atoms. The van der Waals surface area contributed by atoms with Crippen LogP contribution in [0.2, 0.25) is 5.02 Å². The first-order valence-electron chi connectivity index (χ1n) is 7.72. The van der Waals surface area contributed by atoms with Crippen LogP contribution in [0.15, 0.2) is 24.3 Å². The lowest BCUT2D eigenvalue weighted by Gasteiger charge is -2.10. The molecule has 1 aromatic heterocycles. The summed E-state index contributed by atoms with van der Waals surface area (Å²) < 4.78 is 0. The Labute approximate surface area is 149 Å². The van der Waals surface area contributed by atoms with Crippen LogP contribution in [0.1, 0.15) is 31.6 Å². The van der Waals surface area contributed by atoms with Gasteiger partial charge >= 0.3 is 5.97 Å². The van der Waals surface area contributed by atoms with Crippen LogP contribution in [0, 0.1) is 5.92 Å². The number of rotatable bonds is 7. The molecule has 0 fully saturated rings. The van der Waals surface area contributed by atoms with Gasteiger partial charge in [0.25, 0.3) is 0 Å². The van der Waals surface area contributed by atoms with Crippen molar-refractivity contribution in [3.63, 3.8) is 0 Å². The van der Waals surface area contributed by atoms with Gasteiger partial charge in [-0.3, -0.25) is 9.59 Å². The van der Waals surface area contributed by atoms with E-state index in [0.29, 0.717) is 20.7 Å². The number of aromatic nitrogens is 1. The third-order valence-corrected chi connectivity index (χ3v) is 4.94. The Bertz CT molecular complexity index is 724. The zero-order valence-electron chi connectivity index (χ0n) is 13.5. The van der Waals surface area contributed by atoms with E-state index in [2.05, 4.69) is 10.3 Å². The number of benzene rings is 1. The number of thiazole rings is 1. The van der Waals surface area contributed by atoms with E-state index in [4.69, 9.17) is 16.7 Å². The Morgan fingerprint density at radius 3 is 2.42 bits per heavy atom. The van der Waals surface area contributed by atoms with E-state index in [1.54, 1.807) is 24.3 Å². The third-order valence-electron chi connectivity index (χ3n) is 3.71. The van der Waals surface area contributed by atoms with Crippen molar-refractivity contribution >= 4 is 39.9 Å². The topological polar surface area (TPSA) is 79.3 Å². The summed E-state index contributed by atoms with van der Waals surface area (Å²) in [6, 6.07) is 7.02. The molecule has 0 aliphatic carbocycles. The summed E-state index contributed by atoms with van der Waals surface area (Å²) in [4.78, 5) is 28.4. The molecule has 1 aromatic carbocycles. The van der Waals surface area contributed by atoms with Crippen molar-refractivity contribution < 1.29 is 14.7 Å². The van der Waals surface area contributed by atoms with E-state index in [1.807, 2.05) is 13.8 Å². The number of halogens is 1. The Morgan fingerprint density at radius 1 is 1.25 bits per heavy atom. The highest BCUT2D eigenvalue weighted by molar-refractivity contribution is 7.16. The lowest BCUT2D eigenvalue weighted by Crippen LogP contribution is -2.21. The number of amides is 1. The molecule has 5 nitrogen and oxygen atoms in total. The molecule has 0 saturated carbocycles. The van der Waals surface area contributed by atoms with Crippen molar-refractivity contribution in [1.82, 2.24) is 4.98 Å². The Hall–Kier alpha value is -1.92. The quantitative estimate of drug-likeness (QED) is 0.757. The zero-order chi connectivity index (χ0) is 17.7. The van der Waals surface area contributed by atoms with E-state index >= 15 is 0 Å². The molecule has 0 bridgehead atoms. The molecule has 0 spiro atoms. The van der Waals surface area contributed by atoms with E-state index < -0.39 is 5.97 Å². The predicted octanol–water partition coefficient (Wildman–Crippen LogP) is 4.47. The minimum atomic E-state index is -0.938. The number of carbonyl (C=O) groups is 2. The molecule has 1 amide bonds. The maximum absolute atomic E-state index is 12.2. The van der Waals surface area contributed by atoms with Gasteiger partial charge in [-0.05, 0) is 25.0 Å². The monoisotopic (exact) mass is 366 g/mol. The summed E-state index contributed by atoms with van der Waals surface area (Å²) in [5.74, 6) is -1.10. The standard InChI is InChI=1S/C17H19ClN2O3S/c1-3-10(4-2)16(23)20-17-19-15(13(24-17)9-14(21)22)11-5-7-12(18)8-6-11/h5-8,10H,3-4,9H2,1-2H3,(H,21,22)(H,19,20,23). The Balaban J connectivity index is 2.32. The number of carbonyl (C=O) groups excluding carboxylic acids is 1. The van der Waals surface area contributed by atoms with Gasteiger partial charge in [0.05, 0.1) is 12.1 Å². The van der Waals surface area contributed by atoms with Gasteiger partial charge in [0.1, 0.15) is 0 Å². The van der Waals surface area contributed by atoms with Crippen LogP contribution in [0.3, 0.4) is 0 Å². The lowest BCUT2D eigenvalue weighted by molar-refractivity contribution is -0.136. The molecular formula is C17H19ClN2O3S. The summed E-state index contributed by atoms with van der Waals surface area (Å²) in [5, 5.41) is 12.9. The van der Waals surface area contributed by atoms with Crippen molar-refractivity contribution in [2.24, 2.45) is 5.92 Å². The number of anilines is 1. The first kappa shape index (κ1) is 18.4. The smallest absolute Gasteiger partial charge is 0.308 e. The molecule has 0 aliphatic rings. The fourth-order valence-electron chi connectivity index (χ4n) is 2.36. The first-order chi connectivity index (χ1) is 11.4. The van der Waals surface area contributed by atoms with Gasteiger partial charge < -0.3 is 10.4 Å². The Morgan fingerprint density at radius 2 is 1.88 bits per heavy atom. The van der Waals surface area contributed by atoms with E-state index in [1.165, 1.54) is 11.3 Å². The molecule has 0 saturated heterocycles. The van der Waals surface area contributed by atoms with E-state index in [-0.39, 0.29) is 18.2 Å². The van der Waals surface area contributed by atoms with Gasteiger partial charge in [0, 0.05) is 21.4 Å². The molecule has 7 heteroatoms. The van der Waals surface area contributed by atoms with Crippen molar-refractivity contribution in [3.8, 4) is 11.3 Å². The van der Waals surface area contributed by atoms with Gasteiger partial charge in [-0.25, -0.2) is 4.98 Å². The number of carboxylic acid groups (broad SMARTS) is 1. The highest BCUT2D eigenvalue weighted by atomic mass is 35.5. The van der Waals surface area contributed by atoms with Gasteiger partial charge in [-0.15, -0.1) is 11.3 Å². The number of nitrogens with zero attached hydrogens (tertiary/aromatic N) is 1. The van der Waals surface area contributed by atoms with E-state index in [0.717, 1.165) is 18.4 Å². The molecule has 128 valence electrons. The molecule has 0 radical (unpaired) electrons. The normalized spacial score (nSPS) is 10.8. The summed E-state index contributed by atoms with van der Waals surface area (Å²) in [7, 11) is 0. The second kappa shape index (κ2) is 8.26. The molecule has 2 aromatic rings. The number of aliphatic carboxylic acids is 1. The Kier molecular flexibility index (Phi) is 6.34. The first-order valence-corrected chi connectivity index (χ1v) is 8.92. The summed E-state index contributed by atoms with van der Waals surface area (Å²) in [5.41, 5.74) is 1.34. The maximum atomic E-state index is 12.2. The summed E-state index contributed by atoms with van der Waals surface area (Å²) in [6.45, 7) is 3.93. The highest BCUT2D eigenvalue weighted by Crippen LogP contribution is 2.32. The second-order valence-corrected chi connectivity index (χ2v) is 6.89. The van der Waals surface area contributed by atoms with Gasteiger partial charge in [-0.1, -0.05) is 37.6 Å². The minimum absolute atomic E-state index is 0.0733. The average molecular weight is 367 g/mol. The van der Waals surface area contributed by atoms with Crippen molar-refractivity contribution in [1.29, 1.82) is 0 Å². The van der Waals surface area contributed by atoms with E-state index in [9.17, 15) is 9.59 Å². The second-order valence-electron chi connectivity index (χ2n) is 5.37. The summed E-state index contributed by atoms with van der Waals surface area (Å²) >= 11 is 7.09. The molecule has 2 rings (SSSR count). The maximum Gasteiger partial charge on any atom is 0.308 e. The number of hydrogen-bond donors (Lipinski definition) is 2. The van der Waals surface area contributed by atoms with Crippen LogP contribution in [0.4, 0.5) is 5.13 Å². The van der Waals surface area contributed by atoms with Crippen molar-refractivity contribution in [2.75, 3.05) is 5.32 Å². The molecule has 0 aliphatic heterocycles.